The number of hydrogen-bond donors (Lipinski definition) is 2. The molecule has 0 aliphatic carbocycles. The van der Waals surface area contributed by atoms with Gasteiger partial charge in [0.05, 0.1) is 25.4 Å². The molecule has 2 unspecified atom stereocenters. The standard InChI is InChI=1S/C13H19NO2/c1-9-4-3-5-10(2)11(9)6-14-12-7-16-8-13(12)15/h3-5,12-15H,6-8H2,1-2H3. The van der Waals surface area contributed by atoms with Crippen molar-refractivity contribution < 1.29 is 9.84 Å². The third-order valence-corrected chi connectivity index (χ3v) is 3.24. The van der Waals surface area contributed by atoms with Crippen molar-refractivity contribution in [3.05, 3.63) is 34.9 Å². The van der Waals surface area contributed by atoms with Gasteiger partial charge in [0.1, 0.15) is 0 Å². The highest BCUT2D eigenvalue weighted by molar-refractivity contribution is 5.33. The number of aryl methyl sites for hydroxylation is 2. The van der Waals surface area contributed by atoms with Crippen molar-refractivity contribution in [3.63, 3.8) is 0 Å². The van der Waals surface area contributed by atoms with Gasteiger partial charge in [-0.2, -0.15) is 0 Å². The number of ether oxygens (including phenoxy) is 1. The molecule has 0 amide bonds. The number of benzene rings is 1. The lowest BCUT2D eigenvalue weighted by molar-refractivity contribution is 0.122. The van der Waals surface area contributed by atoms with Gasteiger partial charge in [0.15, 0.2) is 0 Å². The SMILES string of the molecule is Cc1cccc(C)c1CNC1COCC1O. The van der Waals surface area contributed by atoms with E-state index in [1.165, 1.54) is 16.7 Å². The topological polar surface area (TPSA) is 41.5 Å². The average molecular weight is 221 g/mol. The maximum atomic E-state index is 9.62. The van der Waals surface area contributed by atoms with E-state index < -0.39 is 0 Å². The molecule has 1 heterocycles. The summed E-state index contributed by atoms with van der Waals surface area (Å²) in [7, 11) is 0. The molecule has 1 aromatic carbocycles. The molecule has 88 valence electrons. The van der Waals surface area contributed by atoms with Crippen LogP contribution in [0.5, 0.6) is 0 Å². The van der Waals surface area contributed by atoms with Gasteiger partial charge in [-0.05, 0) is 30.5 Å². The second-order valence-corrected chi connectivity index (χ2v) is 4.46. The first-order chi connectivity index (χ1) is 7.68. The summed E-state index contributed by atoms with van der Waals surface area (Å²) in [5.41, 5.74) is 3.91. The largest absolute Gasteiger partial charge is 0.389 e. The second kappa shape index (κ2) is 4.95. The number of aliphatic hydroxyl groups is 1. The third-order valence-electron chi connectivity index (χ3n) is 3.24. The molecule has 0 aromatic heterocycles. The van der Waals surface area contributed by atoms with Crippen LogP contribution in [0.3, 0.4) is 0 Å². The molecule has 0 saturated carbocycles. The monoisotopic (exact) mass is 221 g/mol. The zero-order valence-corrected chi connectivity index (χ0v) is 9.86. The second-order valence-electron chi connectivity index (χ2n) is 4.46. The van der Waals surface area contributed by atoms with Crippen LogP contribution in [-0.2, 0) is 11.3 Å². The highest BCUT2D eigenvalue weighted by atomic mass is 16.5. The van der Waals surface area contributed by atoms with E-state index in [9.17, 15) is 5.11 Å². The molecule has 2 rings (SSSR count). The Labute approximate surface area is 96.4 Å². The van der Waals surface area contributed by atoms with Gasteiger partial charge in [-0.3, -0.25) is 0 Å². The Balaban J connectivity index is 1.99. The molecule has 3 heteroatoms. The molecule has 16 heavy (non-hydrogen) atoms. The summed E-state index contributed by atoms with van der Waals surface area (Å²) >= 11 is 0. The predicted octanol–water partition coefficient (Wildman–Crippen LogP) is 1.15. The first-order valence-corrected chi connectivity index (χ1v) is 5.73. The molecule has 2 atom stereocenters. The summed E-state index contributed by atoms with van der Waals surface area (Å²) in [4.78, 5) is 0. The van der Waals surface area contributed by atoms with Crippen molar-refractivity contribution in [2.75, 3.05) is 13.2 Å². The number of hydrogen-bond acceptors (Lipinski definition) is 3. The summed E-state index contributed by atoms with van der Waals surface area (Å²) in [6, 6.07) is 6.37. The van der Waals surface area contributed by atoms with Crippen LogP contribution in [0.1, 0.15) is 16.7 Å². The van der Waals surface area contributed by atoms with E-state index in [2.05, 4.69) is 37.4 Å². The molecule has 1 saturated heterocycles. The van der Waals surface area contributed by atoms with Gasteiger partial charge in [0, 0.05) is 6.54 Å². The van der Waals surface area contributed by atoms with Gasteiger partial charge < -0.3 is 15.2 Å². The Morgan fingerprint density at radius 1 is 1.31 bits per heavy atom. The van der Waals surface area contributed by atoms with E-state index in [0.29, 0.717) is 13.2 Å². The van der Waals surface area contributed by atoms with Crippen molar-refractivity contribution in [1.29, 1.82) is 0 Å². The molecule has 2 N–H and O–H groups in total. The fraction of sp³-hybridized carbons (Fsp3) is 0.538. The van der Waals surface area contributed by atoms with E-state index in [4.69, 9.17) is 4.74 Å². The molecular weight excluding hydrogens is 202 g/mol. The molecule has 1 aromatic rings. The van der Waals surface area contributed by atoms with Crippen LogP contribution in [0.25, 0.3) is 0 Å². The molecule has 1 aliphatic heterocycles. The Bertz CT molecular complexity index is 345. The van der Waals surface area contributed by atoms with E-state index in [-0.39, 0.29) is 12.1 Å². The van der Waals surface area contributed by atoms with Gasteiger partial charge >= 0.3 is 0 Å². The van der Waals surface area contributed by atoms with E-state index in [1.807, 2.05) is 0 Å². The minimum atomic E-state index is -0.371. The van der Waals surface area contributed by atoms with Crippen LogP contribution in [-0.4, -0.2) is 30.5 Å². The lowest BCUT2D eigenvalue weighted by Crippen LogP contribution is -2.38. The fourth-order valence-electron chi connectivity index (χ4n) is 2.10. The molecule has 0 radical (unpaired) electrons. The number of aliphatic hydroxyl groups excluding tert-OH is 1. The smallest absolute Gasteiger partial charge is 0.0948 e. The first-order valence-electron chi connectivity index (χ1n) is 5.73. The molecule has 1 fully saturated rings. The molecule has 0 bridgehead atoms. The summed E-state index contributed by atoms with van der Waals surface area (Å²) in [5.74, 6) is 0. The summed E-state index contributed by atoms with van der Waals surface area (Å²) in [5, 5.41) is 13.0. The third kappa shape index (κ3) is 2.43. The number of rotatable bonds is 3. The van der Waals surface area contributed by atoms with Gasteiger partial charge in [0.2, 0.25) is 0 Å². The van der Waals surface area contributed by atoms with Crippen LogP contribution in [0.4, 0.5) is 0 Å². The summed E-state index contributed by atoms with van der Waals surface area (Å²) < 4.78 is 5.21. The van der Waals surface area contributed by atoms with Crippen molar-refractivity contribution in [3.8, 4) is 0 Å². The fourth-order valence-corrected chi connectivity index (χ4v) is 2.10. The zero-order chi connectivity index (χ0) is 11.5. The van der Waals surface area contributed by atoms with Crippen LogP contribution in [0, 0.1) is 13.8 Å². The van der Waals surface area contributed by atoms with E-state index in [0.717, 1.165) is 6.54 Å². The van der Waals surface area contributed by atoms with Crippen molar-refractivity contribution in [2.45, 2.75) is 32.5 Å². The predicted molar refractivity (Wildman–Crippen MR) is 63.4 cm³/mol. The molecule has 3 nitrogen and oxygen atoms in total. The Morgan fingerprint density at radius 3 is 2.56 bits per heavy atom. The van der Waals surface area contributed by atoms with Crippen molar-refractivity contribution in [1.82, 2.24) is 5.32 Å². The summed E-state index contributed by atoms with van der Waals surface area (Å²) in [6.07, 6.45) is -0.371. The molecule has 0 spiro atoms. The maximum Gasteiger partial charge on any atom is 0.0948 e. The normalized spacial score (nSPS) is 24.9. The van der Waals surface area contributed by atoms with Crippen molar-refractivity contribution in [2.24, 2.45) is 0 Å². The first kappa shape index (κ1) is 11.6. The Morgan fingerprint density at radius 2 is 2.00 bits per heavy atom. The number of nitrogens with one attached hydrogen (secondary N) is 1. The minimum absolute atomic E-state index is 0.0685. The van der Waals surface area contributed by atoms with Gasteiger partial charge in [-0.15, -0.1) is 0 Å². The van der Waals surface area contributed by atoms with E-state index >= 15 is 0 Å². The highest BCUT2D eigenvalue weighted by Gasteiger charge is 2.25. The summed E-state index contributed by atoms with van der Waals surface area (Å²) in [6.45, 7) is 6.08. The highest BCUT2D eigenvalue weighted by Crippen LogP contribution is 2.14. The quantitative estimate of drug-likeness (QED) is 0.804. The van der Waals surface area contributed by atoms with Crippen LogP contribution in [0.15, 0.2) is 18.2 Å². The molecule has 1 aliphatic rings. The lowest BCUT2D eigenvalue weighted by atomic mass is 10.0. The Kier molecular flexibility index (Phi) is 3.59. The van der Waals surface area contributed by atoms with Crippen LogP contribution in [0.2, 0.25) is 0 Å². The Hall–Kier alpha value is -0.900. The van der Waals surface area contributed by atoms with Gasteiger partial charge in [-0.1, -0.05) is 18.2 Å². The van der Waals surface area contributed by atoms with Crippen LogP contribution < -0.4 is 5.32 Å². The molecular formula is C13H19NO2. The maximum absolute atomic E-state index is 9.62. The van der Waals surface area contributed by atoms with Gasteiger partial charge in [-0.25, -0.2) is 0 Å². The van der Waals surface area contributed by atoms with Crippen LogP contribution >= 0.6 is 0 Å². The lowest BCUT2D eigenvalue weighted by Gasteiger charge is -2.16. The van der Waals surface area contributed by atoms with E-state index in [1.54, 1.807) is 0 Å². The van der Waals surface area contributed by atoms with Gasteiger partial charge in [0.25, 0.3) is 0 Å². The average Bonchev–Trinajstić information content (AvgIpc) is 2.64. The zero-order valence-electron chi connectivity index (χ0n) is 9.86. The van der Waals surface area contributed by atoms with Crippen molar-refractivity contribution >= 4 is 0 Å². The minimum Gasteiger partial charge on any atom is -0.389 e.